The summed E-state index contributed by atoms with van der Waals surface area (Å²) in [4.78, 5) is 11.1. The Balaban J connectivity index is 4.35. The van der Waals surface area contributed by atoms with Crippen LogP contribution in [0.25, 0.3) is 0 Å². The molecule has 2 N–H and O–H groups in total. The highest BCUT2D eigenvalue weighted by atomic mass is 32.2. The molecule has 0 aliphatic carbocycles. The number of rotatable bonds is 9. The van der Waals surface area contributed by atoms with Crippen molar-refractivity contribution in [2.75, 3.05) is 26.0 Å². The highest BCUT2D eigenvalue weighted by molar-refractivity contribution is 7.89. The van der Waals surface area contributed by atoms with Gasteiger partial charge in [-0.05, 0) is 18.3 Å². The molecule has 0 aromatic heterocycles. The number of carbonyl (C=O) groups is 1. The van der Waals surface area contributed by atoms with Crippen molar-refractivity contribution in [1.82, 2.24) is 4.72 Å². The van der Waals surface area contributed by atoms with Crippen LogP contribution in [-0.2, 0) is 19.6 Å². The Kier molecular flexibility index (Phi) is 7.54. The average molecular weight is 295 g/mol. The van der Waals surface area contributed by atoms with Crippen LogP contribution in [0.3, 0.4) is 0 Å². The van der Waals surface area contributed by atoms with E-state index in [2.05, 4.69) is 4.72 Å². The van der Waals surface area contributed by atoms with Gasteiger partial charge in [0, 0.05) is 20.3 Å². The van der Waals surface area contributed by atoms with Gasteiger partial charge >= 0.3 is 5.97 Å². The number of nitrogens with one attached hydrogen (secondary N) is 1. The van der Waals surface area contributed by atoms with E-state index in [9.17, 15) is 13.2 Å². The van der Waals surface area contributed by atoms with Gasteiger partial charge in [0.2, 0.25) is 10.0 Å². The third-order valence-electron chi connectivity index (χ3n) is 2.52. The number of hydrogen-bond acceptors (Lipinski definition) is 4. The van der Waals surface area contributed by atoms with E-state index >= 15 is 0 Å². The normalized spacial score (nSPS) is 14.3. The van der Waals surface area contributed by atoms with E-state index in [-0.39, 0.29) is 17.7 Å². The highest BCUT2D eigenvalue weighted by Gasteiger charge is 2.25. The average Bonchev–Trinajstić information content (AvgIpc) is 2.22. The van der Waals surface area contributed by atoms with Gasteiger partial charge in [0.1, 0.15) is 0 Å². The maximum Gasteiger partial charge on any atom is 0.307 e. The zero-order valence-corrected chi connectivity index (χ0v) is 12.9. The quantitative estimate of drug-likeness (QED) is 0.621. The van der Waals surface area contributed by atoms with Gasteiger partial charge in [-0.3, -0.25) is 4.79 Å². The lowest BCUT2D eigenvalue weighted by molar-refractivity contribution is -0.142. The van der Waals surface area contributed by atoms with Crippen LogP contribution in [0.2, 0.25) is 0 Å². The number of hydrogen-bond donors (Lipinski definition) is 2. The molecule has 0 amide bonds. The molecule has 0 bridgehead atoms. The number of carboxylic acids is 1. The highest BCUT2D eigenvalue weighted by Crippen LogP contribution is 2.24. The van der Waals surface area contributed by atoms with Gasteiger partial charge in [-0.25, -0.2) is 13.1 Å². The largest absolute Gasteiger partial charge is 0.481 e. The van der Waals surface area contributed by atoms with Gasteiger partial charge in [-0.15, -0.1) is 0 Å². The van der Waals surface area contributed by atoms with E-state index in [1.807, 2.05) is 20.8 Å². The summed E-state index contributed by atoms with van der Waals surface area (Å²) in [5, 5.41) is 9.09. The van der Waals surface area contributed by atoms with Crippen LogP contribution in [0.4, 0.5) is 0 Å². The third kappa shape index (κ3) is 9.86. The molecule has 0 radical (unpaired) electrons. The fourth-order valence-electron chi connectivity index (χ4n) is 1.68. The maximum absolute atomic E-state index is 11.6. The molecule has 1 unspecified atom stereocenters. The second-order valence-electron chi connectivity index (χ2n) is 5.81. The van der Waals surface area contributed by atoms with Gasteiger partial charge in [0.25, 0.3) is 0 Å². The number of ether oxygens (including phenoxy) is 1. The molecule has 0 rings (SSSR count). The van der Waals surface area contributed by atoms with Crippen molar-refractivity contribution in [3.63, 3.8) is 0 Å². The van der Waals surface area contributed by atoms with Crippen LogP contribution in [-0.4, -0.2) is 45.5 Å². The monoisotopic (exact) mass is 295 g/mol. The van der Waals surface area contributed by atoms with E-state index in [4.69, 9.17) is 9.84 Å². The van der Waals surface area contributed by atoms with Crippen molar-refractivity contribution in [2.24, 2.45) is 11.3 Å². The molecule has 0 aromatic carbocycles. The van der Waals surface area contributed by atoms with E-state index in [1.165, 1.54) is 7.11 Å². The van der Waals surface area contributed by atoms with Gasteiger partial charge in [-0.2, -0.15) is 0 Å². The van der Waals surface area contributed by atoms with Crippen molar-refractivity contribution in [3.8, 4) is 0 Å². The zero-order chi connectivity index (χ0) is 15.1. The summed E-state index contributed by atoms with van der Waals surface area (Å²) in [5.74, 6) is -1.74. The van der Waals surface area contributed by atoms with Crippen LogP contribution in [0.1, 0.15) is 33.6 Å². The summed E-state index contributed by atoms with van der Waals surface area (Å²) in [6, 6.07) is 0. The number of carboxylic acid groups (broad SMARTS) is 1. The fourth-order valence-corrected chi connectivity index (χ4v) is 2.78. The van der Waals surface area contributed by atoms with Crippen LogP contribution < -0.4 is 4.72 Å². The molecule has 114 valence electrons. The van der Waals surface area contributed by atoms with Crippen molar-refractivity contribution in [3.05, 3.63) is 0 Å². The lowest BCUT2D eigenvalue weighted by Crippen LogP contribution is -2.36. The first-order valence-electron chi connectivity index (χ1n) is 6.26. The first-order valence-corrected chi connectivity index (χ1v) is 7.92. The Morgan fingerprint density at radius 2 is 1.95 bits per heavy atom. The van der Waals surface area contributed by atoms with Crippen LogP contribution in [0, 0.1) is 11.3 Å². The van der Waals surface area contributed by atoms with Crippen LogP contribution in [0.5, 0.6) is 0 Å². The Labute approximate surface area is 115 Å². The minimum Gasteiger partial charge on any atom is -0.481 e. The summed E-state index contributed by atoms with van der Waals surface area (Å²) < 4.78 is 30.4. The smallest absolute Gasteiger partial charge is 0.307 e. The molecule has 1 atom stereocenters. The predicted molar refractivity (Wildman–Crippen MR) is 73.5 cm³/mol. The van der Waals surface area contributed by atoms with Crippen LogP contribution >= 0.6 is 0 Å². The molecule has 7 heteroatoms. The molecule has 0 spiro atoms. The molecule has 0 heterocycles. The Morgan fingerprint density at radius 1 is 1.37 bits per heavy atom. The standard InChI is InChI=1S/C12H25NO5S/c1-12(2,3)8-10(11(14)15)9-13-19(16,17)7-5-6-18-4/h10,13H,5-9H2,1-4H3,(H,14,15). The van der Waals surface area contributed by atoms with Gasteiger partial charge < -0.3 is 9.84 Å². The molecule has 0 aliphatic heterocycles. The van der Waals surface area contributed by atoms with E-state index in [0.29, 0.717) is 19.4 Å². The van der Waals surface area contributed by atoms with Crippen LogP contribution in [0.15, 0.2) is 0 Å². The topological polar surface area (TPSA) is 92.7 Å². The molecule has 0 saturated heterocycles. The number of methoxy groups -OCH3 is 1. The molecule has 0 saturated carbocycles. The second kappa shape index (κ2) is 7.81. The SMILES string of the molecule is COCCCS(=O)(=O)NCC(CC(C)(C)C)C(=O)O. The first kappa shape index (κ1) is 18.3. The Hall–Kier alpha value is -0.660. The molecular formula is C12H25NO5S. The van der Waals surface area contributed by atoms with E-state index in [1.54, 1.807) is 0 Å². The minimum atomic E-state index is -3.43. The van der Waals surface area contributed by atoms with Gasteiger partial charge in [0.05, 0.1) is 11.7 Å². The maximum atomic E-state index is 11.6. The van der Waals surface area contributed by atoms with Crippen molar-refractivity contribution < 1.29 is 23.1 Å². The molecule has 6 nitrogen and oxygen atoms in total. The Morgan fingerprint density at radius 3 is 2.37 bits per heavy atom. The molecule has 19 heavy (non-hydrogen) atoms. The van der Waals surface area contributed by atoms with Gasteiger partial charge in [0.15, 0.2) is 0 Å². The number of sulfonamides is 1. The minimum absolute atomic E-state index is 0.0529. The molecule has 0 aromatic rings. The molecule has 0 fully saturated rings. The van der Waals surface area contributed by atoms with Crippen molar-refractivity contribution in [2.45, 2.75) is 33.6 Å². The van der Waals surface area contributed by atoms with Crippen molar-refractivity contribution >= 4 is 16.0 Å². The number of aliphatic carboxylic acids is 1. The van der Waals surface area contributed by atoms with Gasteiger partial charge in [-0.1, -0.05) is 20.8 Å². The summed E-state index contributed by atoms with van der Waals surface area (Å²) in [6.07, 6.45) is 0.811. The lowest BCUT2D eigenvalue weighted by atomic mass is 9.85. The van der Waals surface area contributed by atoms with E-state index < -0.39 is 21.9 Å². The predicted octanol–water partition coefficient (Wildman–Crippen LogP) is 1.08. The van der Waals surface area contributed by atoms with E-state index in [0.717, 1.165) is 0 Å². The zero-order valence-electron chi connectivity index (χ0n) is 12.1. The second-order valence-corrected chi connectivity index (χ2v) is 7.74. The summed E-state index contributed by atoms with van der Waals surface area (Å²) in [5.41, 5.74) is -0.162. The fraction of sp³-hybridized carbons (Fsp3) is 0.917. The Bertz CT molecular complexity index is 372. The summed E-state index contributed by atoms with van der Waals surface area (Å²) >= 11 is 0. The molecule has 0 aliphatic rings. The lowest BCUT2D eigenvalue weighted by Gasteiger charge is -2.23. The van der Waals surface area contributed by atoms with Crippen molar-refractivity contribution in [1.29, 1.82) is 0 Å². The summed E-state index contributed by atoms with van der Waals surface area (Å²) in [7, 11) is -1.93. The third-order valence-corrected chi connectivity index (χ3v) is 3.95. The first-order chi connectivity index (χ1) is 8.57. The summed E-state index contributed by atoms with van der Waals surface area (Å²) in [6.45, 7) is 6.08. The molecular weight excluding hydrogens is 270 g/mol.